The van der Waals surface area contributed by atoms with Crippen LogP contribution < -0.4 is 9.80 Å². The minimum Gasteiger partial charge on any atom is -0.310 e. The Morgan fingerprint density at radius 3 is 0.872 bits per heavy atom. The molecule has 14 rings (SSSR count). The van der Waals surface area contributed by atoms with E-state index in [0.717, 1.165) is 39.7 Å². The van der Waals surface area contributed by atoms with Gasteiger partial charge in [-0.2, -0.15) is 0 Å². The smallest absolute Gasteiger partial charge is 0.0468 e. The van der Waals surface area contributed by atoms with Crippen molar-refractivity contribution in [2.24, 2.45) is 0 Å². The zero-order chi connectivity index (χ0) is 51.8. The zero-order valence-electron chi connectivity index (χ0n) is 42.9. The first-order chi connectivity index (χ1) is 38.7. The highest BCUT2D eigenvalue weighted by molar-refractivity contribution is 6.23. The van der Waals surface area contributed by atoms with Gasteiger partial charge in [-0.1, -0.05) is 224 Å². The molecule has 78 heavy (non-hydrogen) atoms. The van der Waals surface area contributed by atoms with Crippen molar-refractivity contribution in [3.8, 4) is 55.6 Å². The van der Waals surface area contributed by atoms with Gasteiger partial charge in [0.15, 0.2) is 0 Å². The predicted octanol–water partition coefficient (Wildman–Crippen LogP) is 21.6. The van der Waals surface area contributed by atoms with Crippen LogP contribution in [0.3, 0.4) is 0 Å². The normalized spacial score (nSPS) is 11.3. The Balaban J connectivity index is 1.04. The third kappa shape index (κ3) is 8.72. The van der Waals surface area contributed by atoms with Crippen molar-refractivity contribution in [1.29, 1.82) is 0 Å². The lowest BCUT2D eigenvalue weighted by molar-refractivity contribution is 1.29. The molecule has 0 saturated carbocycles. The van der Waals surface area contributed by atoms with E-state index in [1.54, 1.807) is 0 Å². The van der Waals surface area contributed by atoms with Gasteiger partial charge in [-0.05, 0) is 190 Å². The van der Waals surface area contributed by atoms with Crippen molar-refractivity contribution in [3.63, 3.8) is 0 Å². The van der Waals surface area contributed by atoms with Crippen LogP contribution in [-0.4, -0.2) is 0 Å². The lowest BCUT2D eigenvalue weighted by Gasteiger charge is -2.28. The largest absolute Gasteiger partial charge is 0.310 e. The molecule has 0 spiro atoms. The number of hydrogen-bond acceptors (Lipinski definition) is 2. The lowest BCUT2D eigenvalue weighted by Crippen LogP contribution is -2.10. The summed E-state index contributed by atoms with van der Waals surface area (Å²) in [6.07, 6.45) is 0. The second kappa shape index (κ2) is 20.1. The summed E-state index contributed by atoms with van der Waals surface area (Å²) in [7, 11) is 0. The average Bonchev–Trinajstić information content (AvgIpc) is 3.53. The van der Waals surface area contributed by atoms with Gasteiger partial charge in [0.2, 0.25) is 0 Å². The maximum Gasteiger partial charge on any atom is 0.0468 e. The zero-order valence-corrected chi connectivity index (χ0v) is 42.9. The van der Waals surface area contributed by atoms with E-state index >= 15 is 0 Å². The number of nitrogens with zero attached hydrogens (tertiary/aromatic N) is 2. The number of para-hydroxylation sites is 2. The Morgan fingerprint density at radius 1 is 0.154 bits per heavy atom. The molecule has 0 heterocycles. The van der Waals surface area contributed by atoms with Crippen LogP contribution >= 0.6 is 0 Å². The van der Waals surface area contributed by atoms with Gasteiger partial charge in [-0.25, -0.2) is 0 Å². The Kier molecular flexibility index (Phi) is 11.9. The van der Waals surface area contributed by atoms with Gasteiger partial charge in [0.05, 0.1) is 0 Å². The van der Waals surface area contributed by atoms with Crippen LogP contribution in [0.4, 0.5) is 34.1 Å². The highest BCUT2D eigenvalue weighted by atomic mass is 15.1. The van der Waals surface area contributed by atoms with Crippen LogP contribution in [0.1, 0.15) is 0 Å². The molecule has 2 heteroatoms. The van der Waals surface area contributed by atoms with Crippen LogP contribution in [-0.2, 0) is 0 Å². The Bertz CT molecular complexity index is 4440. The molecule has 14 aromatic rings. The van der Waals surface area contributed by atoms with E-state index in [2.05, 4.69) is 325 Å². The molecular weight excluding hydrogens is 941 g/mol. The van der Waals surface area contributed by atoms with Gasteiger partial charge in [-0.15, -0.1) is 0 Å². The van der Waals surface area contributed by atoms with Crippen molar-refractivity contribution >= 4 is 77.2 Å². The quantitative estimate of drug-likeness (QED) is 0.119. The molecule has 0 radical (unpaired) electrons. The summed E-state index contributed by atoms with van der Waals surface area (Å²) in [5.74, 6) is 0. The first-order valence-corrected chi connectivity index (χ1v) is 26.8. The van der Waals surface area contributed by atoms with Gasteiger partial charge in [0.1, 0.15) is 0 Å². The fourth-order valence-corrected chi connectivity index (χ4v) is 11.6. The number of anilines is 6. The van der Waals surface area contributed by atoms with Gasteiger partial charge < -0.3 is 9.80 Å². The van der Waals surface area contributed by atoms with Gasteiger partial charge in [0, 0.05) is 34.1 Å². The molecule has 0 fully saturated rings. The minimum absolute atomic E-state index is 1.07. The Labute approximate surface area is 455 Å². The van der Waals surface area contributed by atoms with Crippen molar-refractivity contribution in [2.75, 3.05) is 9.80 Å². The van der Waals surface area contributed by atoms with E-state index in [1.165, 1.54) is 93.2 Å². The van der Waals surface area contributed by atoms with Gasteiger partial charge >= 0.3 is 0 Å². The minimum atomic E-state index is 1.07. The van der Waals surface area contributed by atoms with E-state index in [1.807, 2.05) is 0 Å². The molecule has 0 aliphatic carbocycles. The van der Waals surface area contributed by atoms with Crippen LogP contribution in [0, 0.1) is 0 Å². The van der Waals surface area contributed by atoms with E-state index in [0.29, 0.717) is 0 Å². The first-order valence-electron chi connectivity index (χ1n) is 26.8. The standard InChI is InChI=1S/C76H52N2/c1-6-18-53(19-7-1)57-36-40-67(41-37-57)77(65-26-12-4-13-27-65)69-45-47-72-73(51-69)75(63-34-30-56-24-16-17-25-59(56)49-63)71-46-44-70(78(66-28-14-5-15-29-66)68-42-38-58(39-43-68)54-20-8-2-9-21-54)52-74(71)76(72)64-35-33-61-48-60(31-32-62(61)50-64)55-22-10-3-11-23-55/h1-52H. The third-order valence-corrected chi connectivity index (χ3v) is 15.4. The molecule has 0 aromatic heterocycles. The van der Waals surface area contributed by atoms with Crippen LogP contribution in [0.2, 0.25) is 0 Å². The Morgan fingerprint density at radius 2 is 0.436 bits per heavy atom. The summed E-state index contributed by atoms with van der Waals surface area (Å²) in [5, 5.41) is 9.53. The molecule has 0 amide bonds. The molecule has 0 saturated heterocycles. The fourth-order valence-electron chi connectivity index (χ4n) is 11.6. The second-order valence-corrected chi connectivity index (χ2v) is 20.1. The van der Waals surface area contributed by atoms with Crippen LogP contribution in [0.5, 0.6) is 0 Å². The molecule has 2 nitrogen and oxygen atoms in total. The van der Waals surface area contributed by atoms with E-state index in [-0.39, 0.29) is 0 Å². The maximum absolute atomic E-state index is 2.44. The van der Waals surface area contributed by atoms with Crippen molar-refractivity contribution in [3.05, 3.63) is 315 Å². The highest BCUT2D eigenvalue weighted by Gasteiger charge is 2.23. The first kappa shape index (κ1) is 46.3. The maximum atomic E-state index is 2.44. The number of benzene rings is 14. The van der Waals surface area contributed by atoms with E-state index < -0.39 is 0 Å². The number of hydrogen-bond donors (Lipinski definition) is 0. The van der Waals surface area contributed by atoms with Gasteiger partial charge in [0.25, 0.3) is 0 Å². The summed E-state index contributed by atoms with van der Waals surface area (Å²) in [6, 6.07) is 115. The number of rotatable bonds is 11. The van der Waals surface area contributed by atoms with Crippen LogP contribution in [0.15, 0.2) is 315 Å². The summed E-state index contributed by atoms with van der Waals surface area (Å²) < 4.78 is 0. The summed E-state index contributed by atoms with van der Waals surface area (Å²) >= 11 is 0. The van der Waals surface area contributed by atoms with Crippen molar-refractivity contribution < 1.29 is 0 Å². The third-order valence-electron chi connectivity index (χ3n) is 15.4. The molecule has 0 unspecified atom stereocenters. The molecular formula is C76H52N2. The molecule has 0 aliphatic rings. The monoisotopic (exact) mass is 992 g/mol. The van der Waals surface area contributed by atoms with Gasteiger partial charge in [-0.3, -0.25) is 0 Å². The molecule has 366 valence electrons. The van der Waals surface area contributed by atoms with Crippen LogP contribution in [0.25, 0.3) is 98.7 Å². The molecule has 0 bridgehead atoms. The summed E-state index contributed by atoms with van der Waals surface area (Å²) in [5.41, 5.74) is 18.4. The van der Waals surface area contributed by atoms with E-state index in [9.17, 15) is 0 Å². The lowest BCUT2D eigenvalue weighted by atomic mass is 9.84. The predicted molar refractivity (Wildman–Crippen MR) is 333 cm³/mol. The average molecular weight is 993 g/mol. The molecule has 14 aromatic carbocycles. The summed E-state index contributed by atoms with van der Waals surface area (Å²) in [4.78, 5) is 4.79. The number of fused-ring (bicyclic) bond motifs is 4. The van der Waals surface area contributed by atoms with Crippen molar-refractivity contribution in [1.82, 2.24) is 0 Å². The topological polar surface area (TPSA) is 6.48 Å². The second-order valence-electron chi connectivity index (χ2n) is 20.1. The Hall–Kier alpha value is -10.3. The highest BCUT2D eigenvalue weighted by Crippen LogP contribution is 2.49. The SMILES string of the molecule is c1ccc(-c2ccc(N(c3ccccc3)c3ccc4c(-c5ccc6cc(-c7ccccc7)ccc6c5)c5cc(N(c6ccccc6)c6ccc(-c7ccccc7)cc6)ccc5c(-c5ccc6ccccc6c5)c4c3)cc2)cc1. The molecule has 0 N–H and O–H groups in total. The molecule has 0 aliphatic heterocycles. The fraction of sp³-hybridized carbons (Fsp3) is 0. The van der Waals surface area contributed by atoms with Crippen molar-refractivity contribution in [2.45, 2.75) is 0 Å². The summed E-state index contributed by atoms with van der Waals surface area (Å²) in [6.45, 7) is 0. The molecule has 0 atom stereocenters. The van der Waals surface area contributed by atoms with E-state index in [4.69, 9.17) is 0 Å².